The fourth-order valence-corrected chi connectivity index (χ4v) is 2.44. The summed E-state index contributed by atoms with van der Waals surface area (Å²) in [6.45, 7) is 1.64. The predicted octanol–water partition coefficient (Wildman–Crippen LogP) is 3.22. The minimum atomic E-state index is -0.350. The third-order valence-electron chi connectivity index (χ3n) is 3.51. The van der Waals surface area contributed by atoms with Crippen molar-refractivity contribution < 1.29 is 9.15 Å². The molecular weight excluding hydrogens is 316 g/mol. The highest BCUT2D eigenvalue weighted by Crippen LogP contribution is 2.15. The molecule has 0 radical (unpaired) electrons. The maximum Gasteiger partial charge on any atom is 0.421 e. The van der Waals surface area contributed by atoms with Crippen LogP contribution in [0.15, 0.2) is 57.7 Å². The maximum absolute atomic E-state index is 11.9. The second-order valence-corrected chi connectivity index (χ2v) is 5.72. The summed E-state index contributed by atoms with van der Waals surface area (Å²) in [5.41, 5.74) is 1.39. The van der Waals surface area contributed by atoms with E-state index in [1.165, 1.54) is 0 Å². The van der Waals surface area contributed by atoms with Gasteiger partial charge in [-0.1, -0.05) is 23.7 Å². The summed E-state index contributed by atoms with van der Waals surface area (Å²) in [5.74, 6) is 0.422. The van der Waals surface area contributed by atoms with Crippen molar-refractivity contribution >= 4 is 22.7 Å². The van der Waals surface area contributed by atoms with Crippen LogP contribution in [0.1, 0.15) is 0 Å². The number of rotatable bonds is 6. The van der Waals surface area contributed by atoms with Gasteiger partial charge in [0.25, 0.3) is 0 Å². The number of oxazole rings is 1. The van der Waals surface area contributed by atoms with E-state index in [9.17, 15) is 4.79 Å². The van der Waals surface area contributed by atoms with Crippen LogP contribution in [0, 0.1) is 0 Å². The summed E-state index contributed by atoms with van der Waals surface area (Å²) in [5, 5.41) is 0.681. The molecule has 120 valence electrons. The van der Waals surface area contributed by atoms with Gasteiger partial charge in [0.1, 0.15) is 12.4 Å². The fourth-order valence-electron chi connectivity index (χ4n) is 2.31. The fraction of sp³-hybridized carbons (Fsp3) is 0.235. The normalized spacial score (nSPS) is 11.3. The second kappa shape index (κ2) is 6.89. The van der Waals surface area contributed by atoms with Gasteiger partial charge in [0.05, 0.1) is 12.2 Å². The number of nitrogens with zero attached hydrogens (tertiary/aromatic N) is 2. The lowest BCUT2D eigenvalue weighted by atomic mass is 10.3. The minimum absolute atomic E-state index is 0.350. The highest BCUT2D eigenvalue weighted by molar-refractivity contribution is 6.30. The van der Waals surface area contributed by atoms with Crippen molar-refractivity contribution in [1.29, 1.82) is 0 Å². The van der Waals surface area contributed by atoms with E-state index in [0.717, 1.165) is 11.3 Å². The average molecular weight is 333 g/mol. The van der Waals surface area contributed by atoms with Crippen LogP contribution in [-0.2, 0) is 6.67 Å². The van der Waals surface area contributed by atoms with E-state index >= 15 is 0 Å². The van der Waals surface area contributed by atoms with E-state index in [2.05, 4.69) is 0 Å². The first kappa shape index (κ1) is 15.6. The standard InChI is InChI=1S/C17H17ClN2O3/c1-19(10-11-22-14-8-6-13(18)7-9-14)12-20-15-4-2-3-5-16(15)23-17(20)21/h2-9H,10-12H2,1H3. The number of benzene rings is 2. The quantitative estimate of drug-likeness (QED) is 0.695. The van der Waals surface area contributed by atoms with Crippen molar-refractivity contribution in [3.63, 3.8) is 0 Å². The van der Waals surface area contributed by atoms with E-state index in [-0.39, 0.29) is 5.76 Å². The highest BCUT2D eigenvalue weighted by Gasteiger charge is 2.10. The van der Waals surface area contributed by atoms with E-state index in [1.807, 2.05) is 42.3 Å². The molecule has 1 heterocycles. The number of hydrogen-bond acceptors (Lipinski definition) is 4. The number of ether oxygens (including phenoxy) is 1. The molecule has 0 spiro atoms. The van der Waals surface area contributed by atoms with E-state index in [1.54, 1.807) is 22.8 Å². The smallest absolute Gasteiger partial charge is 0.421 e. The van der Waals surface area contributed by atoms with Crippen LogP contribution in [0.4, 0.5) is 0 Å². The van der Waals surface area contributed by atoms with Crippen molar-refractivity contribution in [1.82, 2.24) is 9.47 Å². The van der Waals surface area contributed by atoms with Crippen molar-refractivity contribution in [2.45, 2.75) is 6.67 Å². The summed E-state index contributed by atoms with van der Waals surface area (Å²) in [7, 11) is 1.93. The van der Waals surface area contributed by atoms with Crippen LogP contribution in [0.2, 0.25) is 5.02 Å². The Bertz CT molecular complexity index is 839. The average Bonchev–Trinajstić information content (AvgIpc) is 2.85. The molecule has 0 saturated carbocycles. The Kier molecular flexibility index (Phi) is 4.69. The molecule has 0 saturated heterocycles. The first-order valence-corrected chi connectivity index (χ1v) is 7.66. The van der Waals surface area contributed by atoms with E-state index < -0.39 is 0 Å². The van der Waals surface area contributed by atoms with Gasteiger partial charge in [0.2, 0.25) is 0 Å². The van der Waals surface area contributed by atoms with Gasteiger partial charge in [-0.3, -0.25) is 9.47 Å². The molecule has 3 rings (SSSR count). The van der Waals surface area contributed by atoms with Crippen molar-refractivity contribution in [2.24, 2.45) is 0 Å². The Hall–Kier alpha value is -2.24. The minimum Gasteiger partial charge on any atom is -0.492 e. The predicted molar refractivity (Wildman–Crippen MR) is 90.1 cm³/mol. The molecule has 5 nitrogen and oxygen atoms in total. The van der Waals surface area contributed by atoms with Crippen LogP contribution in [0.25, 0.3) is 11.1 Å². The van der Waals surface area contributed by atoms with E-state index in [4.69, 9.17) is 20.8 Å². The van der Waals surface area contributed by atoms with E-state index in [0.29, 0.717) is 30.4 Å². The molecule has 0 aliphatic rings. The number of halogens is 1. The lowest BCUT2D eigenvalue weighted by Gasteiger charge is -2.17. The Morgan fingerprint density at radius 2 is 1.91 bits per heavy atom. The van der Waals surface area contributed by atoms with Crippen LogP contribution < -0.4 is 10.5 Å². The van der Waals surface area contributed by atoms with Crippen LogP contribution in [0.5, 0.6) is 5.75 Å². The summed E-state index contributed by atoms with van der Waals surface area (Å²) >= 11 is 5.83. The van der Waals surface area contributed by atoms with Gasteiger partial charge in [-0.25, -0.2) is 4.79 Å². The number of hydrogen-bond donors (Lipinski definition) is 0. The Morgan fingerprint density at radius 1 is 1.17 bits per heavy atom. The molecule has 0 bridgehead atoms. The van der Waals surface area contributed by atoms with Gasteiger partial charge < -0.3 is 9.15 Å². The third kappa shape index (κ3) is 3.75. The molecule has 0 aliphatic heterocycles. The van der Waals surface area contributed by atoms with Crippen LogP contribution in [0.3, 0.4) is 0 Å². The lowest BCUT2D eigenvalue weighted by molar-refractivity contribution is 0.203. The summed E-state index contributed by atoms with van der Waals surface area (Å²) in [6, 6.07) is 14.6. The molecule has 1 aromatic heterocycles. The molecule has 0 atom stereocenters. The Morgan fingerprint density at radius 3 is 2.70 bits per heavy atom. The van der Waals surface area contributed by atoms with Gasteiger partial charge >= 0.3 is 5.76 Å². The van der Waals surface area contributed by atoms with Crippen molar-refractivity contribution in [2.75, 3.05) is 20.2 Å². The number of para-hydroxylation sites is 2. The maximum atomic E-state index is 11.9. The molecule has 3 aromatic rings. The van der Waals surface area contributed by atoms with Gasteiger partial charge in [0.15, 0.2) is 5.58 Å². The summed E-state index contributed by atoms with van der Waals surface area (Å²) < 4.78 is 12.5. The molecule has 6 heteroatoms. The molecule has 0 amide bonds. The Labute approximate surface area is 138 Å². The Balaban J connectivity index is 1.58. The second-order valence-electron chi connectivity index (χ2n) is 5.29. The number of fused-ring (bicyclic) bond motifs is 1. The first-order chi connectivity index (χ1) is 11.1. The van der Waals surface area contributed by atoms with Crippen molar-refractivity contribution in [3.8, 4) is 5.75 Å². The third-order valence-corrected chi connectivity index (χ3v) is 3.76. The molecule has 23 heavy (non-hydrogen) atoms. The van der Waals surface area contributed by atoms with Crippen molar-refractivity contribution in [3.05, 3.63) is 64.1 Å². The molecule has 0 N–H and O–H groups in total. The molecule has 2 aromatic carbocycles. The highest BCUT2D eigenvalue weighted by atomic mass is 35.5. The number of aromatic nitrogens is 1. The molecule has 0 fully saturated rings. The topological polar surface area (TPSA) is 47.6 Å². The zero-order valence-corrected chi connectivity index (χ0v) is 13.5. The summed E-state index contributed by atoms with van der Waals surface area (Å²) in [4.78, 5) is 13.9. The van der Waals surface area contributed by atoms with Crippen LogP contribution in [-0.4, -0.2) is 29.7 Å². The van der Waals surface area contributed by atoms with Gasteiger partial charge in [-0.15, -0.1) is 0 Å². The van der Waals surface area contributed by atoms with Gasteiger partial charge in [-0.05, 0) is 43.4 Å². The zero-order chi connectivity index (χ0) is 16.2. The zero-order valence-electron chi connectivity index (χ0n) is 12.7. The largest absolute Gasteiger partial charge is 0.492 e. The summed E-state index contributed by atoms with van der Waals surface area (Å²) in [6.07, 6.45) is 0. The molecule has 0 unspecified atom stereocenters. The lowest BCUT2D eigenvalue weighted by Crippen LogP contribution is -2.30. The van der Waals surface area contributed by atoms with Crippen LogP contribution >= 0.6 is 11.6 Å². The first-order valence-electron chi connectivity index (χ1n) is 7.29. The van der Waals surface area contributed by atoms with Gasteiger partial charge in [-0.2, -0.15) is 0 Å². The monoisotopic (exact) mass is 332 g/mol. The molecule has 0 aliphatic carbocycles. The SMILES string of the molecule is CN(CCOc1ccc(Cl)cc1)Cn1c(=O)oc2ccccc21. The number of likely N-dealkylation sites (N-methyl/N-ethyl adjacent to an activating group) is 1. The van der Waals surface area contributed by atoms with Gasteiger partial charge in [0, 0.05) is 11.6 Å². The molecular formula is C17H17ClN2O3.